The van der Waals surface area contributed by atoms with Gasteiger partial charge in [0.05, 0.1) is 0 Å². The number of esters is 2. The SMILES string of the molecule is CC(OC(=O)c1ccc(O)o1)OC(=O)N1CCC[C@H]1C(=O)OCc1ccccc1. The van der Waals surface area contributed by atoms with Gasteiger partial charge in [0.1, 0.15) is 12.6 Å². The molecule has 0 aliphatic carbocycles. The summed E-state index contributed by atoms with van der Waals surface area (Å²) in [6.45, 7) is 1.80. The van der Waals surface area contributed by atoms with Crippen molar-refractivity contribution in [3.63, 3.8) is 0 Å². The maximum atomic E-state index is 12.4. The number of rotatable bonds is 6. The van der Waals surface area contributed by atoms with Crippen molar-refractivity contribution in [2.75, 3.05) is 6.54 Å². The summed E-state index contributed by atoms with van der Waals surface area (Å²) in [7, 11) is 0. The average molecular weight is 403 g/mol. The van der Waals surface area contributed by atoms with Crippen LogP contribution in [-0.4, -0.2) is 46.9 Å². The molecule has 2 atom stereocenters. The Hall–Kier alpha value is -3.49. The van der Waals surface area contributed by atoms with E-state index in [1.54, 1.807) is 0 Å². The smallest absolute Gasteiger partial charge is 0.413 e. The minimum atomic E-state index is -1.22. The van der Waals surface area contributed by atoms with Crippen molar-refractivity contribution < 1.29 is 38.1 Å². The number of likely N-dealkylation sites (tertiary alicyclic amines) is 1. The van der Waals surface area contributed by atoms with Crippen molar-refractivity contribution >= 4 is 18.0 Å². The molecule has 1 N–H and O–H groups in total. The van der Waals surface area contributed by atoms with Gasteiger partial charge in [0.2, 0.25) is 12.1 Å². The van der Waals surface area contributed by atoms with Crippen molar-refractivity contribution in [1.29, 1.82) is 0 Å². The van der Waals surface area contributed by atoms with Gasteiger partial charge in [-0.3, -0.25) is 4.90 Å². The third-order valence-corrected chi connectivity index (χ3v) is 4.32. The molecule has 0 saturated carbocycles. The Bertz CT molecular complexity index is 862. The number of amides is 1. The van der Waals surface area contributed by atoms with Gasteiger partial charge in [0.25, 0.3) is 5.95 Å². The molecule has 1 aromatic carbocycles. The third kappa shape index (κ3) is 5.28. The number of furan rings is 1. The summed E-state index contributed by atoms with van der Waals surface area (Å²) in [5.41, 5.74) is 0.845. The minimum absolute atomic E-state index is 0.114. The van der Waals surface area contributed by atoms with Crippen LogP contribution >= 0.6 is 0 Å². The van der Waals surface area contributed by atoms with Crippen molar-refractivity contribution in [3.8, 4) is 5.95 Å². The lowest BCUT2D eigenvalue weighted by Gasteiger charge is -2.24. The molecule has 154 valence electrons. The summed E-state index contributed by atoms with van der Waals surface area (Å²) in [6, 6.07) is 10.9. The van der Waals surface area contributed by atoms with Crippen LogP contribution in [0.15, 0.2) is 46.9 Å². The van der Waals surface area contributed by atoms with Crippen LogP contribution in [0.3, 0.4) is 0 Å². The largest absolute Gasteiger partial charge is 0.481 e. The standard InChI is InChI=1S/C20H21NO8/c1-13(27-19(24)16-9-10-17(22)29-16)28-20(25)21-11-5-8-15(21)18(23)26-12-14-6-3-2-4-7-14/h2-4,6-7,9-10,13,15,22H,5,8,11-12H2,1H3/t13?,15-/m0/s1. The first-order valence-corrected chi connectivity index (χ1v) is 9.11. The second kappa shape index (κ2) is 9.13. The molecular formula is C20H21NO8. The van der Waals surface area contributed by atoms with Gasteiger partial charge >= 0.3 is 18.0 Å². The first-order valence-electron chi connectivity index (χ1n) is 9.11. The Morgan fingerprint density at radius 1 is 1.17 bits per heavy atom. The lowest BCUT2D eigenvalue weighted by Crippen LogP contribution is -2.43. The number of hydrogen-bond donors (Lipinski definition) is 1. The van der Waals surface area contributed by atoms with Crippen LogP contribution in [0.4, 0.5) is 4.79 Å². The second-order valence-corrected chi connectivity index (χ2v) is 6.44. The van der Waals surface area contributed by atoms with Crippen molar-refractivity contribution in [2.24, 2.45) is 0 Å². The zero-order valence-corrected chi connectivity index (χ0v) is 15.8. The minimum Gasteiger partial charge on any atom is -0.481 e. The van der Waals surface area contributed by atoms with Crippen molar-refractivity contribution in [3.05, 3.63) is 53.8 Å². The van der Waals surface area contributed by atoms with E-state index in [2.05, 4.69) is 0 Å². The van der Waals surface area contributed by atoms with Gasteiger partial charge in [-0.25, -0.2) is 14.4 Å². The van der Waals surface area contributed by atoms with Crippen LogP contribution in [0.1, 0.15) is 35.9 Å². The molecule has 1 aliphatic rings. The molecule has 2 heterocycles. The molecule has 29 heavy (non-hydrogen) atoms. The summed E-state index contributed by atoms with van der Waals surface area (Å²) in [4.78, 5) is 37.9. The van der Waals surface area contributed by atoms with Crippen LogP contribution in [0.2, 0.25) is 0 Å². The number of carbonyl (C=O) groups is 3. The van der Waals surface area contributed by atoms with E-state index in [1.165, 1.54) is 24.0 Å². The number of ether oxygens (including phenoxy) is 3. The molecule has 0 spiro atoms. The summed E-state index contributed by atoms with van der Waals surface area (Å²) >= 11 is 0. The zero-order valence-electron chi connectivity index (χ0n) is 15.8. The molecule has 3 rings (SSSR count). The van der Waals surface area contributed by atoms with Crippen LogP contribution in [0.25, 0.3) is 0 Å². The van der Waals surface area contributed by atoms with E-state index >= 15 is 0 Å². The van der Waals surface area contributed by atoms with Crippen LogP contribution < -0.4 is 0 Å². The van der Waals surface area contributed by atoms with Gasteiger partial charge in [-0.05, 0) is 24.5 Å². The normalized spacial score (nSPS) is 16.9. The van der Waals surface area contributed by atoms with Gasteiger partial charge < -0.3 is 23.7 Å². The molecule has 9 nitrogen and oxygen atoms in total. The monoisotopic (exact) mass is 403 g/mol. The molecule has 1 aromatic heterocycles. The molecule has 1 unspecified atom stereocenters. The Labute approximate surface area is 166 Å². The maximum absolute atomic E-state index is 12.4. The Morgan fingerprint density at radius 2 is 1.93 bits per heavy atom. The number of nitrogens with zero attached hydrogens (tertiary/aromatic N) is 1. The molecule has 2 aromatic rings. The molecule has 1 amide bonds. The lowest BCUT2D eigenvalue weighted by atomic mass is 10.2. The van der Waals surface area contributed by atoms with Gasteiger partial charge in [0, 0.05) is 19.5 Å². The van der Waals surface area contributed by atoms with E-state index in [4.69, 9.17) is 23.7 Å². The molecular weight excluding hydrogens is 382 g/mol. The highest BCUT2D eigenvalue weighted by Gasteiger charge is 2.37. The summed E-state index contributed by atoms with van der Waals surface area (Å²) in [5.74, 6) is -2.07. The number of hydrogen-bond acceptors (Lipinski definition) is 8. The predicted molar refractivity (Wildman–Crippen MR) is 97.7 cm³/mol. The molecule has 0 radical (unpaired) electrons. The fraction of sp³-hybridized carbons (Fsp3) is 0.350. The first kappa shape index (κ1) is 20.2. The van der Waals surface area contributed by atoms with Crippen LogP contribution in [0, 0.1) is 0 Å². The Morgan fingerprint density at radius 3 is 2.62 bits per heavy atom. The number of aromatic hydroxyl groups is 1. The van der Waals surface area contributed by atoms with Gasteiger partial charge in [-0.1, -0.05) is 30.3 Å². The summed E-state index contributed by atoms with van der Waals surface area (Å²) in [6.07, 6.45) is -0.918. The third-order valence-electron chi connectivity index (χ3n) is 4.32. The Balaban J connectivity index is 1.50. The molecule has 1 saturated heterocycles. The van der Waals surface area contributed by atoms with Gasteiger partial charge in [-0.15, -0.1) is 0 Å². The van der Waals surface area contributed by atoms with Crippen molar-refractivity contribution in [2.45, 2.75) is 38.7 Å². The van der Waals surface area contributed by atoms with E-state index < -0.39 is 36.3 Å². The fourth-order valence-electron chi connectivity index (χ4n) is 2.94. The van der Waals surface area contributed by atoms with Gasteiger partial charge in [-0.2, -0.15) is 0 Å². The number of benzene rings is 1. The topological polar surface area (TPSA) is 116 Å². The molecule has 9 heteroatoms. The molecule has 1 fully saturated rings. The van der Waals surface area contributed by atoms with E-state index in [0.717, 1.165) is 5.56 Å². The van der Waals surface area contributed by atoms with E-state index in [9.17, 15) is 14.4 Å². The van der Waals surface area contributed by atoms with Crippen molar-refractivity contribution in [1.82, 2.24) is 4.90 Å². The van der Waals surface area contributed by atoms with E-state index in [1.807, 2.05) is 30.3 Å². The second-order valence-electron chi connectivity index (χ2n) is 6.44. The van der Waals surface area contributed by atoms with Crippen LogP contribution in [-0.2, 0) is 25.6 Å². The predicted octanol–water partition coefficient (Wildman–Crippen LogP) is 2.83. The fourth-order valence-corrected chi connectivity index (χ4v) is 2.94. The average Bonchev–Trinajstić information content (AvgIpc) is 3.36. The summed E-state index contributed by atoms with van der Waals surface area (Å²) < 4.78 is 20.1. The maximum Gasteiger partial charge on any atom is 0.413 e. The highest BCUT2D eigenvalue weighted by molar-refractivity contribution is 5.86. The zero-order chi connectivity index (χ0) is 20.8. The Kier molecular flexibility index (Phi) is 6.38. The summed E-state index contributed by atoms with van der Waals surface area (Å²) in [5, 5.41) is 9.11. The molecule has 0 bridgehead atoms. The first-order chi connectivity index (χ1) is 13.9. The molecule has 1 aliphatic heterocycles. The van der Waals surface area contributed by atoms with E-state index in [0.29, 0.717) is 19.4 Å². The van der Waals surface area contributed by atoms with Gasteiger partial charge in [0.15, 0.2) is 0 Å². The lowest BCUT2D eigenvalue weighted by molar-refractivity contribution is -0.150. The van der Waals surface area contributed by atoms with Crippen LogP contribution in [0.5, 0.6) is 5.95 Å². The highest BCUT2D eigenvalue weighted by atomic mass is 16.7. The van der Waals surface area contributed by atoms with E-state index in [-0.39, 0.29) is 12.4 Å². The number of carbonyl (C=O) groups excluding carboxylic acids is 3. The quantitative estimate of drug-likeness (QED) is 0.578. The highest BCUT2D eigenvalue weighted by Crippen LogP contribution is 2.21.